The Balaban J connectivity index is 1.83. The summed E-state index contributed by atoms with van der Waals surface area (Å²) < 4.78 is 0. The molecule has 0 aromatic rings. The Morgan fingerprint density at radius 2 is 2.00 bits per heavy atom. The lowest BCUT2D eigenvalue weighted by Crippen LogP contribution is -1.90. The second-order valence-electron chi connectivity index (χ2n) is 3.06. The number of hydrogen-bond donors (Lipinski definition) is 1. The maximum absolute atomic E-state index is 3.39. The summed E-state index contributed by atoms with van der Waals surface area (Å²) in [5, 5.41) is 3.39. The number of unbranched alkanes of at least 4 members (excludes halogenated alkanes) is 2. The highest BCUT2D eigenvalue weighted by Gasteiger charge is 2.29. The molecule has 2 atom stereocenters. The van der Waals surface area contributed by atoms with Crippen LogP contribution in [0.5, 0.6) is 0 Å². The molecule has 0 spiro atoms. The lowest BCUT2D eigenvalue weighted by atomic mass is 10.1. The third-order valence-corrected chi connectivity index (χ3v) is 2.09. The Hall–Kier alpha value is -0.0400. The second kappa shape index (κ2) is 3.21. The average molecular weight is 127 g/mol. The predicted octanol–water partition coefficient (Wildman–Crippen LogP) is 1.93. The average Bonchev–Trinajstić information content (AvgIpc) is 2.48. The molecule has 1 nitrogen and oxygen atoms in total. The van der Waals surface area contributed by atoms with Gasteiger partial charge in [-0.1, -0.05) is 26.2 Å². The van der Waals surface area contributed by atoms with Crippen molar-refractivity contribution in [2.24, 2.45) is 0 Å². The molecule has 0 radical (unpaired) electrons. The summed E-state index contributed by atoms with van der Waals surface area (Å²) in [5.74, 6) is 0. The third kappa shape index (κ3) is 2.35. The van der Waals surface area contributed by atoms with E-state index in [4.69, 9.17) is 0 Å². The first-order chi connectivity index (χ1) is 4.34. The van der Waals surface area contributed by atoms with Gasteiger partial charge in [0.2, 0.25) is 0 Å². The minimum Gasteiger partial charge on any atom is -0.308 e. The maximum atomic E-state index is 3.39. The van der Waals surface area contributed by atoms with Crippen molar-refractivity contribution in [3.05, 3.63) is 0 Å². The first-order valence-electron chi connectivity index (χ1n) is 4.10. The number of rotatable bonds is 4. The van der Waals surface area contributed by atoms with Crippen LogP contribution in [0.3, 0.4) is 0 Å². The van der Waals surface area contributed by atoms with Gasteiger partial charge in [0.05, 0.1) is 0 Å². The summed E-state index contributed by atoms with van der Waals surface area (Å²) in [6.45, 7) is 4.51. The number of hydrogen-bond acceptors (Lipinski definition) is 1. The van der Waals surface area contributed by atoms with E-state index < -0.39 is 0 Å². The molecule has 0 aromatic heterocycles. The first kappa shape index (κ1) is 7.07. The molecule has 1 heterocycles. The van der Waals surface area contributed by atoms with Crippen molar-refractivity contribution in [1.82, 2.24) is 5.32 Å². The summed E-state index contributed by atoms with van der Waals surface area (Å²) in [4.78, 5) is 0. The van der Waals surface area contributed by atoms with Crippen LogP contribution in [-0.2, 0) is 0 Å². The fraction of sp³-hybridized carbons (Fsp3) is 1.00. The molecule has 0 aromatic carbocycles. The molecule has 54 valence electrons. The normalized spacial score (nSPS) is 32.7. The van der Waals surface area contributed by atoms with Crippen molar-refractivity contribution >= 4 is 0 Å². The summed E-state index contributed by atoms with van der Waals surface area (Å²) in [5.41, 5.74) is 0. The molecule has 1 saturated heterocycles. The second-order valence-corrected chi connectivity index (χ2v) is 3.06. The molecule has 9 heavy (non-hydrogen) atoms. The Bertz CT molecular complexity index is 80.6. The molecule has 0 saturated carbocycles. The maximum Gasteiger partial charge on any atom is 0.0221 e. The summed E-state index contributed by atoms with van der Waals surface area (Å²) in [6, 6.07) is 1.69. The molecule has 0 amide bonds. The fourth-order valence-corrected chi connectivity index (χ4v) is 1.23. The highest BCUT2D eigenvalue weighted by molar-refractivity contribution is 4.93. The van der Waals surface area contributed by atoms with Crippen LogP contribution in [0.1, 0.15) is 39.5 Å². The van der Waals surface area contributed by atoms with E-state index >= 15 is 0 Å². The molecular formula is C8H17N. The molecule has 1 aliphatic rings. The van der Waals surface area contributed by atoms with Crippen LogP contribution in [0.4, 0.5) is 0 Å². The molecule has 0 bridgehead atoms. The van der Waals surface area contributed by atoms with E-state index in [1.165, 1.54) is 25.7 Å². The van der Waals surface area contributed by atoms with Gasteiger partial charge in [-0.15, -0.1) is 0 Å². The Morgan fingerprint density at radius 1 is 1.33 bits per heavy atom. The summed E-state index contributed by atoms with van der Waals surface area (Å²) in [7, 11) is 0. The van der Waals surface area contributed by atoms with Crippen LogP contribution < -0.4 is 5.32 Å². The lowest BCUT2D eigenvalue weighted by Gasteiger charge is -1.93. The highest BCUT2D eigenvalue weighted by atomic mass is 15.1. The molecular weight excluding hydrogens is 110 g/mol. The van der Waals surface area contributed by atoms with Gasteiger partial charge >= 0.3 is 0 Å². The first-order valence-corrected chi connectivity index (χ1v) is 4.10. The van der Waals surface area contributed by atoms with Gasteiger partial charge in [0.25, 0.3) is 0 Å². The van der Waals surface area contributed by atoms with Crippen molar-refractivity contribution < 1.29 is 0 Å². The molecule has 1 N–H and O–H groups in total. The molecule has 1 heteroatoms. The fourth-order valence-electron chi connectivity index (χ4n) is 1.23. The Morgan fingerprint density at radius 3 is 2.44 bits per heavy atom. The summed E-state index contributed by atoms with van der Waals surface area (Å²) in [6.07, 6.45) is 5.57. The van der Waals surface area contributed by atoms with E-state index in [0.717, 1.165) is 12.1 Å². The monoisotopic (exact) mass is 127 g/mol. The van der Waals surface area contributed by atoms with E-state index in [9.17, 15) is 0 Å². The highest BCUT2D eigenvalue weighted by Crippen LogP contribution is 2.16. The van der Waals surface area contributed by atoms with Crippen LogP contribution in [-0.4, -0.2) is 12.1 Å². The van der Waals surface area contributed by atoms with E-state index in [1.54, 1.807) is 0 Å². The van der Waals surface area contributed by atoms with Crippen LogP contribution in [0.2, 0.25) is 0 Å². The van der Waals surface area contributed by atoms with Gasteiger partial charge in [0.1, 0.15) is 0 Å². The van der Waals surface area contributed by atoms with Crippen molar-refractivity contribution in [1.29, 1.82) is 0 Å². The zero-order valence-corrected chi connectivity index (χ0v) is 6.48. The molecule has 0 aliphatic carbocycles. The van der Waals surface area contributed by atoms with Gasteiger partial charge in [0.15, 0.2) is 0 Å². The van der Waals surface area contributed by atoms with Gasteiger partial charge in [-0.05, 0) is 13.3 Å². The number of nitrogens with one attached hydrogen (secondary N) is 1. The largest absolute Gasteiger partial charge is 0.308 e. The quantitative estimate of drug-likeness (QED) is 0.452. The van der Waals surface area contributed by atoms with Crippen molar-refractivity contribution in [3.63, 3.8) is 0 Å². The minimum absolute atomic E-state index is 0.821. The molecule has 1 fully saturated rings. The Labute approximate surface area is 57.8 Å². The van der Waals surface area contributed by atoms with Crippen LogP contribution in [0.25, 0.3) is 0 Å². The minimum atomic E-state index is 0.821. The van der Waals surface area contributed by atoms with Gasteiger partial charge < -0.3 is 5.32 Å². The lowest BCUT2D eigenvalue weighted by molar-refractivity contribution is 0.653. The van der Waals surface area contributed by atoms with Gasteiger partial charge in [-0.25, -0.2) is 0 Å². The van der Waals surface area contributed by atoms with Crippen molar-refractivity contribution in [2.45, 2.75) is 51.6 Å². The van der Waals surface area contributed by atoms with E-state index in [-0.39, 0.29) is 0 Å². The van der Waals surface area contributed by atoms with Crippen LogP contribution in [0.15, 0.2) is 0 Å². The van der Waals surface area contributed by atoms with Crippen molar-refractivity contribution in [2.75, 3.05) is 0 Å². The Kier molecular flexibility index (Phi) is 2.52. The van der Waals surface area contributed by atoms with E-state index in [2.05, 4.69) is 19.2 Å². The van der Waals surface area contributed by atoms with Crippen molar-refractivity contribution in [3.8, 4) is 0 Å². The topological polar surface area (TPSA) is 21.9 Å². The van der Waals surface area contributed by atoms with Gasteiger partial charge in [-0.2, -0.15) is 0 Å². The smallest absolute Gasteiger partial charge is 0.0221 e. The zero-order valence-electron chi connectivity index (χ0n) is 6.48. The van der Waals surface area contributed by atoms with Gasteiger partial charge in [0, 0.05) is 12.1 Å². The van der Waals surface area contributed by atoms with E-state index in [0.29, 0.717) is 0 Å². The summed E-state index contributed by atoms with van der Waals surface area (Å²) >= 11 is 0. The standard InChI is InChI=1S/C8H17N/c1-3-4-5-6-8-7(2)9-8/h7-9H,3-6H2,1-2H3/t7-,8+/m1/s1. The predicted molar refractivity (Wildman–Crippen MR) is 40.5 cm³/mol. The molecule has 1 aliphatic heterocycles. The van der Waals surface area contributed by atoms with Crippen LogP contribution >= 0.6 is 0 Å². The molecule has 1 rings (SSSR count). The van der Waals surface area contributed by atoms with Gasteiger partial charge in [-0.3, -0.25) is 0 Å². The zero-order chi connectivity index (χ0) is 6.69. The SMILES string of the molecule is CCCCC[C@@H]1N[C@@H]1C. The van der Waals surface area contributed by atoms with Crippen LogP contribution in [0, 0.1) is 0 Å². The third-order valence-electron chi connectivity index (χ3n) is 2.09. The molecule has 0 unspecified atom stereocenters. The van der Waals surface area contributed by atoms with E-state index in [1.807, 2.05) is 0 Å².